The van der Waals surface area contributed by atoms with Crippen molar-refractivity contribution in [2.45, 2.75) is 25.8 Å². The van der Waals surface area contributed by atoms with Gasteiger partial charge in [-0.25, -0.2) is 0 Å². The van der Waals surface area contributed by atoms with Crippen LogP contribution in [-0.2, 0) is 0 Å². The van der Waals surface area contributed by atoms with E-state index in [0.717, 1.165) is 17.3 Å². The number of hydrogen-bond donors (Lipinski definition) is 1. The third-order valence-corrected chi connectivity index (χ3v) is 3.65. The van der Waals surface area contributed by atoms with Crippen LogP contribution in [0.15, 0.2) is 18.2 Å². The predicted octanol–water partition coefficient (Wildman–Crippen LogP) is 3.15. The van der Waals surface area contributed by atoms with Gasteiger partial charge in [-0.05, 0) is 51.1 Å². The molecule has 16 heavy (non-hydrogen) atoms. The van der Waals surface area contributed by atoms with Crippen LogP contribution in [0.5, 0.6) is 0 Å². The summed E-state index contributed by atoms with van der Waals surface area (Å²) < 4.78 is 0. The molecule has 1 heterocycles. The van der Waals surface area contributed by atoms with Gasteiger partial charge >= 0.3 is 0 Å². The standard InChI is InChI=1S/C13H19ClN2/c1-10-5-6-12(14)13(8-10)15-9-11-4-3-7-16(11)2/h5-6,8,11,15H,3-4,7,9H2,1-2H3. The zero-order valence-electron chi connectivity index (χ0n) is 9.96. The minimum absolute atomic E-state index is 0.650. The quantitative estimate of drug-likeness (QED) is 0.870. The Hall–Kier alpha value is -0.730. The molecule has 1 atom stereocenters. The van der Waals surface area contributed by atoms with E-state index in [2.05, 4.69) is 30.3 Å². The van der Waals surface area contributed by atoms with Crippen LogP contribution in [0.2, 0.25) is 5.02 Å². The molecule has 0 amide bonds. The summed E-state index contributed by atoms with van der Waals surface area (Å²) in [6.07, 6.45) is 2.59. The number of rotatable bonds is 3. The van der Waals surface area contributed by atoms with Crippen molar-refractivity contribution in [3.8, 4) is 0 Å². The molecular formula is C13H19ClN2. The first-order chi connectivity index (χ1) is 7.66. The molecule has 0 bridgehead atoms. The number of aryl methyl sites for hydroxylation is 1. The molecule has 1 aromatic rings. The van der Waals surface area contributed by atoms with Gasteiger partial charge in [0.05, 0.1) is 10.7 Å². The summed E-state index contributed by atoms with van der Waals surface area (Å²) in [5, 5.41) is 4.26. The molecule has 1 N–H and O–H groups in total. The van der Waals surface area contributed by atoms with Crippen molar-refractivity contribution in [3.05, 3.63) is 28.8 Å². The van der Waals surface area contributed by atoms with Crippen LogP contribution in [0, 0.1) is 6.92 Å². The smallest absolute Gasteiger partial charge is 0.0637 e. The van der Waals surface area contributed by atoms with Crippen molar-refractivity contribution in [1.29, 1.82) is 0 Å². The Balaban J connectivity index is 1.96. The molecule has 1 aromatic carbocycles. The minimum atomic E-state index is 0.650. The number of likely N-dealkylation sites (tertiary alicyclic amines) is 1. The van der Waals surface area contributed by atoms with Crippen LogP contribution >= 0.6 is 11.6 Å². The van der Waals surface area contributed by atoms with E-state index in [4.69, 9.17) is 11.6 Å². The maximum atomic E-state index is 6.14. The minimum Gasteiger partial charge on any atom is -0.382 e. The number of nitrogens with one attached hydrogen (secondary N) is 1. The maximum absolute atomic E-state index is 6.14. The molecule has 1 aliphatic rings. The molecule has 0 radical (unpaired) electrons. The molecule has 1 unspecified atom stereocenters. The third kappa shape index (κ3) is 2.69. The van der Waals surface area contributed by atoms with Crippen molar-refractivity contribution >= 4 is 17.3 Å². The third-order valence-electron chi connectivity index (χ3n) is 3.32. The molecule has 0 spiro atoms. The second kappa shape index (κ2) is 5.07. The second-order valence-electron chi connectivity index (χ2n) is 4.64. The van der Waals surface area contributed by atoms with Crippen LogP contribution < -0.4 is 5.32 Å². The highest BCUT2D eigenvalue weighted by atomic mass is 35.5. The fraction of sp³-hybridized carbons (Fsp3) is 0.538. The van der Waals surface area contributed by atoms with Crippen molar-refractivity contribution in [2.75, 3.05) is 25.5 Å². The first-order valence-corrected chi connectivity index (χ1v) is 6.25. The Morgan fingerprint density at radius 1 is 1.50 bits per heavy atom. The first kappa shape index (κ1) is 11.7. The highest BCUT2D eigenvalue weighted by Crippen LogP contribution is 2.23. The zero-order valence-corrected chi connectivity index (χ0v) is 10.7. The summed E-state index contributed by atoms with van der Waals surface area (Å²) in [6.45, 7) is 4.29. The first-order valence-electron chi connectivity index (χ1n) is 5.87. The lowest BCUT2D eigenvalue weighted by molar-refractivity contribution is 0.322. The van der Waals surface area contributed by atoms with Gasteiger partial charge in [0.15, 0.2) is 0 Å². The van der Waals surface area contributed by atoms with Gasteiger partial charge < -0.3 is 10.2 Å². The molecule has 88 valence electrons. The van der Waals surface area contributed by atoms with E-state index in [1.165, 1.54) is 24.9 Å². The van der Waals surface area contributed by atoms with Gasteiger partial charge in [0, 0.05) is 12.6 Å². The van der Waals surface area contributed by atoms with Crippen molar-refractivity contribution in [1.82, 2.24) is 4.90 Å². The summed E-state index contributed by atoms with van der Waals surface area (Å²) in [5.74, 6) is 0. The maximum Gasteiger partial charge on any atom is 0.0637 e. The molecule has 1 fully saturated rings. The molecule has 0 aliphatic carbocycles. The van der Waals surface area contributed by atoms with Crippen LogP contribution in [-0.4, -0.2) is 31.1 Å². The summed E-state index contributed by atoms with van der Waals surface area (Å²) in [4.78, 5) is 2.41. The normalized spacial score (nSPS) is 21.3. The van der Waals surface area contributed by atoms with Gasteiger partial charge in [-0.2, -0.15) is 0 Å². The molecular weight excluding hydrogens is 220 g/mol. The van der Waals surface area contributed by atoms with Gasteiger partial charge in [0.1, 0.15) is 0 Å². The van der Waals surface area contributed by atoms with E-state index in [1.807, 2.05) is 12.1 Å². The summed E-state index contributed by atoms with van der Waals surface area (Å²) in [7, 11) is 2.19. The van der Waals surface area contributed by atoms with Crippen LogP contribution in [0.3, 0.4) is 0 Å². The van der Waals surface area contributed by atoms with E-state index in [1.54, 1.807) is 0 Å². The Morgan fingerprint density at radius 3 is 3.00 bits per heavy atom. The molecule has 2 nitrogen and oxygen atoms in total. The van der Waals surface area contributed by atoms with Crippen molar-refractivity contribution in [3.63, 3.8) is 0 Å². The van der Waals surface area contributed by atoms with Crippen molar-refractivity contribution < 1.29 is 0 Å². The van der Waals surface area contributed by atoms with E-state index < -0.39 is 0 Å². The highest BCUT2D eigenvalue weighted by Gasteiger charge is 2.20. The molecule has 0 saturated carbocycles. The number of likely N-dealkylation sites (N-methyl/N-ethyl adjacent to an activating group) is 1. The van der Waals surface area contributed by atoms with Gasteiger partial charge in [-0.15, -0.1) is 0 Å². The van der Waals surface area contributed by atoms with Crippen LogP contribution in [0.25, 0.3) is 0 Å². The number of benzene rings is 1. The monoisotopic (exact) mass is 238 g/mol. The summed E-state index contributed by atoms with van der Waals surface area (Å²) in [5.41, 5.74) is 2.30. The Bertz CT molecular complexity index is 365. The van der Waals surface area contributed by atoms with Crippen LogP contribution in [0.1, 0.15) is 18.4 Å². The molecule has 1 saturated heterocycles. The molecule has 3 heteroatoms. The number of halogens is 1. The molecule has 1 aliphatic heterocycles. The number of hydrogen-bond acceptors (Lipinski definition) is 2. The molecule has 2 rings (SSSR count). The second-order valence-corrected chi connectivity index (χ2v) is 5.05. The Labute approximate surface area is 103 Å². The lowest BCUT2D eigenvalue weighted by Crippen LogP contribution is -2.31. The van der Waals surface area contributed by atoms with Gasteiger partial charge in [0.25, 0.3) is 0 Å². The van der Waals surface area contributed by atoms with Crippen molar-refractivity contribution in [2.24, 2.45) is 0 Å². The Morgan fingerprint density at radius 2 is 2.31 bits per heavy atom. The van der Waals surface area contributed by atoms with E-state index in [9.17, 15) is 0 Å². The summed E-state index contributed by atoms with van der Waals surface area (Å²) in [6, 6.07) is 6.75. The lowest BCUT2D eigenvalue weighted by atomic mass is 10.2. The number of nitrogens with zero attached hydrogens (tertiary/aromatic N) is 1. The van der Waals surface area contributed by atoms with Gasteiger partial charge in [0.2, 0.25) is 0 Å². The van der Waals surface area contributed by atoms with Crippen LogP contribution in [0.4, 0.5) is 5.69 Å². The predicted molar refractivity (Wildman–Crippen MR) is 70.3 cm³/mol. The Kier molecular flexibility index (Phi) is 3.72. The fourth-order valence-electron chi connectivity index (χ4n) is 2.24. The average Bonchev–Trinajstić information content (AvgIpc) is 2.66. The van der Waals surface area contributed by atoms with E-state index in [0.29, 0.717) is 6.04 Å². The summed E-state index contributed by atoms with van der Waals surface area (Å²) >= 11 is 6.14. The fourth-order valence-corrected chi connectivity index (χ4v) is 2.42. The SMILES string of the molecule is Cc1ccc(Cl)c(NCC2CCCN2C)c1. The highest BCUT2D eigenvalue weighted by molar-refractivity contribution is 6.33. The number of anilines is 1. The molecule has 0 aromatic heterocycles. The largest absolute Gasteiger partial charge is 0.382 e. The van der Waals surface area contributed by atoms with E-state index >= 15 is 0 Å². The van der Waals surface area contributed by atoms with E-state index in [-0.39, 0.29) is 0 Å². The van der Waals surface area contributed by atoms with Gasteiger partial charge in [-0.1, -0.05) is 17.7 Å². The topological polar surface area (TPSA) is 15.3 Å². The zero-order chi connectivity index (χ0) is 11.5. The van der Waals surface area contributed by atoms with Gasteiger partial charge in [-0.3, -0.25) is 0 Å². The average molecular weight is 239 g/mol. The lowest BCUT2D eigenvalue weighted by Gasteiger charge is -2.20.